The van der Waals surface area contributed by atoms with Crippen LogP contribution in [0.4, 0.5) is 0 Å². The maximum Gasteiger partial charge on any atom is 0.127 e. The zero-order valence-electron chi connectivity index (χ0n) is 37.2. The van der Waals surface area contributed by atoms with Gasteiger partial charge in [-0.25, -0.2) is 0 Å². The molecule has 1 rings (SSSR count). The molecule has 0 unspecified atom stereocenters. The molecule has 305 valence electrons. The van der Waals surface area contributed by atoms with Crippen LogP contribution in [0.1, 0.15) is 283 Å². The number of benzene rings is 1. The van der Waals surface area contributed by atoms with Crippen LogP contribution in [0.5, 0.6) is 5.75 Å². The Morgan fingerprint density at radius 3 is 1.04 bits per heavy atom. The molecule has 0 N–H and O–H groups in total. The minimum Gasteiger partial charge on any atom is -0.493 e. The van der Waals surface area contributed by atoms with E-state index in [-0.39, 0.29) is 10.8 Å². The van der Waals surface area contributed by atoms with Crippen molar-refractivity contribution in [2.75, 3.05) is 6.61 Å². The molecule has 0 aliphatic rings. The molecule has 0 heterocycles. The van der Waals surface area contributed by atoms with Gasteiger partial charge >= 0.3 is 0 Å². The summed E-state index contributed by atoms with van der Waals surface area (Å²) in [5.74, 6) is 1.18. The highest BCUT2D eigenvalue weighted by molar-refractivity contribution is 5.56. The van der Waals surface area contributed by atoms with Gasteiger partial charge in [-0.3, -0.25) is 0 Å². The van der Waals surface area contributed by atoms with Crippen molar-refractivity contribution < 1.29 is 4.74 Å². The first-order valence-electron chi connectivity index (χ1n) is 23.7. The molecule has 0 aromatic heterocycles. The summed E-state index contributed by atoms with van der Waals surface area (Å²) >= 11 is 0. The van der Waals surface area contributed by atoms with Crippen molar-refractivity contribution in [2.45, 2.75) is 278 Å². The third-order valence-corrected chi connectivity index (χ3v) is 11.6. The zero-order valence-corrected chi connectivity index (χ0v) is 37.2. The third-order valence-electron chi connectivity index (χ3n) is 11.6. The first-order chi connectivity index (χ1) is 25.0. The summed E-state index contributed by atoms with van der Waals surface area (Å²) in [4.78, 5) is 0. The van der Waals surface area contributed by atoms with Crippen LogP contribution in [0.15, 0.2) is 6.07 Å². The summed E-state index contributed by atoms with van der Waals surface area (Å²) in [7, 11) is 0. The molecule has 52 heavy (non-hydrogen) atoms. The minimum atomic E-state index is 0.0298. The van der Waals surface area contributed by atoms with E-state index >= 15 is 0 Å². The molecule has 1 heteroatoms. The van der Waals surface area contributed by atoms with Crippen molar-refractivity contribution >= 4 is 0 Å². The van der Waals surface area contributed by atoms with Gasteiger partial charge in [0.05, 0.1) is 6.61 Å². The van der Waals surface area contributed by atoms with Gasteiger partial charge in [-0.1, -0.05) is 254 Å². The van der Waals surface area contributed by atoms with Crippen molar-refractivity contribution in [1.82, 2.24) is 0 Å². The van der Waals surface area contributed by atoms with Crippen LogP contribution in [-0.2, 0) is 17.3 Å². The van der Waals surface area contributed by atoms with Gasteiger partial charge in [0.2, 0.25) is 0 Å². The first-order valence-corrected chi connectivity index (χ1v) is 23.7. The summed E-state index contributed by atoms with van der Waals surface area (Å²) < 4.78 is 6.84. The van der Waals surface area contributed by atoms with Crippen LogP contribution in [0.3, 0.4) is 0 Å². The summed E-state index contributed by atoms with van der Waals surface area (Å²) in [6.45, 7) is 24.2. The molecule has 0 saturated carbocycles. The lowest BCUT2D eigenvalue weighted by atomic mass is 9.75. The minimum absolute atomic E-state index is 0.0298. The largest absolute Gasteiger partial charge is 0.493 e. The maximum atomic E-state index is 6.84. The first kappa shape index (κ1) is 49.0. The second-order valence-corrected chi connectivity index (χ2v) is 19.0. The van der Waals surface area contributed by atoms with Crippen molar-refractivity contribution in [3.05, 3.63) is 35.2 Å². The normalized spacial score (nSPS) is 12.2. The van der Waals surface area contributed by atoms with Crippen LogP contribution in [0, 0.1) is 6.92 Å². The standard InChI is InChI=1S/C51H95O/c1-10-12-14-16-18-20-22-24-26-28-30-32-34-36-38-40-42-46-45(3)44-47(50(4,5)6)49(48(46)51(7,8)9)52-43-41-39-37-35-33-31-29-27-25-23-21-19-17-15-13-11-2/h44H,3,10-43H2,1-2,4-9H3. The summed E-state index contributed by atoms with van der Waals surface area (Å²) in [6.07, 6.45) is 46.2. The van der Waals surface area contributed by atoms with Crippen molar-refractivity contribution in [1.29, 1.82) is 0 Å². The van der Waals surface area contributed by atoms with Crippen LogP contribution < -0.4 is 4.74 Å². The van der Waals surface area contributed by atoms with Crippen LogP contribution in [-0.4, -0.2) is 6.61 Å². The fourth-order valence-corrected chi connectivity index (χ4v) is 8.22. The number of unbranched alkanes of at least 4 members (excludes halogenated alkanes) is 30. The molecule has 0 fully saturated rings. The van der Waals surface area contributed by atoms with Gasteiger partial charge in [0.15, 0.2) is 0 Å². The van der Waals surface area contributed by atoms with Gasteiger partial charge in [-0.15, -0.1) is 0 Å². The van der Waals surface area contributed by atoms with Crippen molar-refractivity contribution in [2.24, 2.45) is 0 Å². The zero-order chi connectivity index (χ0) is 38.3. The predicted octanol–water partition coefficient (Wildman–Crippen LogP) is 17.9. The Kier molecular flexibility index (Phi) is 29.5. The Morgan fingerprint density at radius 2 is 0.731 bits per heavy atom. The molecule has 1 radical (unpaired) electrons. The fraction of sp³-hybridized carbons (Fsp3) is 0.863. The van der Waals surface area contributed by atoms with E-state index in [1.165, 1.54) is 227 Å². The van der Waals surface area contributed by atoms with E-state index in [1.807, 2.05) is 0 Å². The van der Waals surface area contributed by atoms with E-state index in [4.69, 9.17) is 4.74 Å². The smallest absolute Gasteiger partial charge is 0.127 e. The molecule has 0 bridgehead atoms. The van der Waals surface area contributed by atoms with Crippen LogP contribution in [0.25, 0.3) is 0 Å². The fourth-order valence-electron chi connectivity index (χ4n) is 8.22. The SMILES string of the molecule is [CH2]c1cc(C(C)(C)C)c(OCCCCCCCCCCCCCCCCCC)c(C(C)(C)C)c1CCCCCCCCCCCCCCCCCC. The molecular weight excluding hydrogens is 629 g/mol. The summed E-state index contributed by atoms with van der Waals surface area (Å²) in [6, 6.07) is 2.37. The van der Waals surface area contributed by atoms with Gasteiger partial charge in [-0.05, 0) is 48.1 Å². The molecule has 1 aromatic carbocycles. The van der Waals surface area contributed by atoms with Gasteiger partial charge in [-0.2, -0.15) is 0 Å². The average molecular weight is 724 g/mol. The average Bonchev–Trinajstić information content (AvgIpc) is 3.09. The number of rotatable bonds is 35. The topological polar surface area (TPSA) is 9.23 Å². The van der Waals surface area contributed by atoms with E-state index in [9.17, 15) is 0 Å². The number of ether oxygens (including phenoxy) is 1. The van der Waals surface area contributed by atoms with Crippen LogP contribution >= 0.6 is 0 Å². The monoisotopic (exact) mass is 724 g/mol. The van der Waals surface area contributed by atoms with Gasteiger partial charge in [0.25, 0.3) is 0 Å². The van der Waals surface area contributed by atoms with E-state index < -0.39 is 0 Å². The van der Waals surface area contributed by atoms with Crippen molar-refractivity contribution in [3.8, 4) is 5.75 Å². The third kappa shape index (κ3) is 24.4. The predicted molar refractivity (Wildman–Crippen MR) is 237 cm³/mol. The second-order valence-electron chi connectivity index (χ2n) is 19.0. The van der Waals surface area contributed by atoms with E-state index in [2.05, 4.69) is 68.4 Å². The Bertz CT molecular complexity index is 943. The summed E-state index contributed by atoms with van der Waals surface area (Å²) in [5, 5.41) is 0. The Labute approximate surface area is 329 Å². The molecule has 1 aromatic rings. The molecule has 0 saturated heterocycles. The van der Waals surface area contributed by atoms with Gasteiger partial charge in [0, 0.05) is 11.1 Å². The molecule has 0 aliphatic carbocycles. The molecule has 0 spiro atoms. The molecule has 1 nitrogen and oxygen atoms in total. The molecular formula is C51H95O. The Hall–Kier alpha value is -0.980. The van der Waals surface area contributed by atoms with Gasteiger partial charge < -0.3 is 4.74 Å². The van der Waals surface area contributed by atoms with E-state index in [0.29, 0.717) is 0 Å². The van der Waals surface area contributed by atoms with Gasteiger partial charge in [0.1, 0.15) is 5.75 Å². The highest BCUT2D eigenvalue weighted by Crippen LogP contribution is 2.44. The molecule has 0 amide bonds. The Balaban J connectivity index is 2.42. The number of hydrogen-bond donors (Lipinski definition) is 0. The van der Waals surface area contributed by atoms with E-state index in [1.54, 1.807) is 0 Å². The molecule has 0 atom stereocenters. The summed E-state index contributed by atoms with van der Waals surface area (Å²) in [5.41, 5.74) is 5.53. The highest BCUT2D eigenvalue weighted by Gasteiger charge is 2.30. The maximum absolute atomic E-state index is 6.84. The van der Waals surface area contributed by atoms with Crippen LogP contribution in [0.2, 0.25) is 0 Å². The highest BCUT2D eigenvalue weighted by atomic mass is 16.5. The molecule has 0 aliphatic heterocycles. The lowest BCUT2D eigenvalue weighted by Crippen LogP contribution is -2.23. The lowest BCUT2D eigenvalue weighted by Gasteiger charge is -2.33. The lowest BCUT2D eigenvalue weighted by molar-refractivity contribution is 0.288. The van der Waals surface area contributed by atoms with Crippen molar-refractivity contribution in [3.63, 3.8) is 0 Å². The quantitative estimate of drug-likeness (QED) is 0.0634. The second kappa shape index (κ2) is 31.2. The number of hydrogen-bond acceptors (Lipinski definition) is 1. The van der Waals surface area contributed by atoms with E-state index in [0.717, 1.165) is 19.4 Å². The Morgan fingerprint density at radius 1 is 0.423 bits per heavy atom.